The smallest absolute Gasteiger partial charge is 0.251 e. The highest BCUT2D eigenvalue weighted by Crippen LogP contribution is 2.27. The predicted octanol–water partition coefficient (Wildman–Crippen LogP) is 4.36. The summed E-state index contributed by atoms with van der Waals surface area (Å²) in [4.78, 5) is 27.6. The van der Waals surface area contributed by atoms with Crippen molar-refractivity contribution in [1.82, 2.24) is 10.6 Å². The topological polar surface area (TPSA) is 93.7 Å². The van der Waals surface area contributed by atoms with E-state index in [0.29, 0.717) is 44.0 Å². The van der Waals surface area contributed by atoms with Gasteiger partial charge in [-0.25, -0.2) is 0 Å². The molecule has 37 heavy (non-hydrogen) atoms. The molecule has 2 aromatic rings. The normalized spacial score (nSPS) is 15.2. The maximum atomic E-state index is 13.5. The molecule has 0 bridgehead atoms. The van der Waals surface area contributed by atoms with E-state index in [0.717, 1.165) is 42.7 Å². The molecule has 0 aromatic heterocycles. The van der Waals surface area contributed by atoms with Crippen molar-refractivity contribution < 1.29 is 14.7 Å². The van der Waals surface area contributed by atoms with E-state index in [1.54, 1.807) is 11.0 Å². The van der Waals surface area contributed by atoms with Gasteiger partial charge in [-0.2, -0.15) is 0 Å². The van der Waals surface area contributed by atoms with Crippen LogP contribution < -0.4 is 20.9 Å². The highest BCUT2D eigenvalue weighted by molar-refractivity contribution is 6.00. The Hall–Kier alpha value is -2.90. The summed E-state index contributed by atoms with van der Waals surface area (Å²) in [5.41, 5.74) is 3.05. The lowest BCUT2D eigenvalue weighted by Crippen LogP contribution is -2.48. The number of anilines is 2. The minimum atomic E-state index is -0.745. The molecule has 0 aliphatic carbocycles. The number of carbonyl (C=O) groups excluding carboxylic acids is 2. The summed E-state index contributed by atoms with van der Waals surface area (Å²) in [6.07, 6.45) is 4.56. The summed E-state index contributed by atoms with van der Waals surface area (Å²) in [5, 5.41) is 20.8. The summed E-state index contributed by atoms with van der Waals surface area (Å²) in [6.45, 7) is 9.07. The van der Waals surface area contributed by atoms with Gasteiger partial charge in [0.05, 0.1) is 12.1 Å². The second kappa shape index (κ2) is 14.7. The second-order valence-electron chi connectivity index (χ2n) is 10.4. The number of hydrogen-bond donors (Lipinski definition) is 4. The zero-order valence-corrected chi connectivity index (χ0v) is 22.6. The zero-order chi connectivity index (χ0) is 26.6. The summed E-state index contributed by atoms with van der Waals surface area (Å²) in [5.74, 6) is 0.521. The van der Waals surface area contributed by atoms with Gasteiger partial charge in [-0.1, -0.05) is 57.0 Å². The van der Waals surface area contributed by atoms with Gasteiger partial charge in [-0.15, -0.1) is 0 Å². The average molecular weight is 509 g/mol. The molecule has 1 fully saturated rings. The Bertz CT molecular complexity index is 996. The van der Waals surface area contributed by atoms with Crippen LogP contribution in [-0.4, -0.2) is 55.2 Å². The maximum absolute atomic E-state index is 13.5. The molecule has 202 valence electrons. The summed E-state index contributed by atoms with van der Waals surface area (Å²) >= 11 is 0. The Balaban J connectivity index is 1.71. The Labute approximate surface area is 222 Å². The van der Waals surface area contributed by atoms with Crippen LogP contribution in [0.4, 0.5) is 11.4 Å². The molecule has 1 aliphatic heterocycles. The van der Waals surface area contributed by atoms with Crippen molar-refractivity contribution in [3.05, 3.63) is 59.7 Å². The minimum Gasteiger partial charge on any atom is -0.390 e. The van der Waals surface area contributed by atoms with Gasteiger partial charge in [0.15, 0.2) is 0 Å². The molecule has 1 aliphatic rings. The fourth-order valence-electron chi connectivity index (χ4n) is 4.72. The van der Waals surface area contributed by atoms with Crippen molar-refractivity contribution >= 4 is 23.2 Å². The number of aliphatic hydroxyl groups is 1. The Morgan fingerprint density at radius 3 is 2.57 bits per heavy atom. The van der Waals surface area contributed by atoms with Crippen LogP contribution in [0.25, 0.3) is 0 Å². The third kappa shape index (κ3) is 9.17. The van der Waals surface area contributed by atoms with Crippen LogP contribution >= 0.6 is 0 Å². The van der Waals surface area contributed by atoms with Crippen molar-refractivity contribution in [2.75, 3.05) is 36.4 Å². The molecule has 0 saturated carbocycles. The fraction of sp³-hybridized carbons (Fsp3) is 0.533. The molecule has 2 aromatic carbocycles. The molecule has 2 amide bonds. The first-order valence-corrected chi connectivity index (χ1v) is 13.8. The maximum Gasteiger partial charge on any atom is 0.251 e. The first-order chi connectivity index (χ1) is 17.9. The summed E-state index contributed by atoms with van der Waals surface area (Å²) < 4.78 is 0. The highest BCUT2D eigenvalue weighted by atomic mass is 16.3. The van der Waals surface area contributed by atoms with Gasteiger partial charge in [0, 0.05) is 43.0 Å². The van der Waals surface area contributed by atoms with Crippen molar-refractivity contribution in [2.24, 2.45) is 5.92 Å². The van der Waals surface area contributed by atoms with Crippen LogP contribution in [0.1, 0.15) is 68.8 Å². The molecule has 1 heterocycles. The van der Waals surface area contributed by atoms with Crippen LogP contribution in [-0.2, 0) is 11.2 Å². The number of benzene rings is 2. The second-order valence-corrected chi connectivity index (χ2v) is 10.4. The van der Waals surface area contributed by atoms with Crippen molar-refractivity contribution in [2.45, 2.75) is 71.4 Å². The zero-order valence-electron chi connectivity index (χ0n) is 22.6. The SMILES string of the molecule is CCNc1cc(C(=O)N[C@@H](Cc2ccccc2)[C@@H](O)CNCCCCC(C)C)cc(N2CCCC2=O)c1. The first kappa shape index (κ1) is 28.7. The predicted molar refractivity (Wildman–Crippen MR) is 151 cm³/mol. The lowest BCUT2D eigenvalue weighted by molar-refractivity contribution is -0.117. The fourth-order valence-corrected chi connectivity index (χ4v) is 4.72. The molecule has 2 atom stereocenters. The number of amides is 2. The number of nitrogens with zero attached hydrogens (tertiary/aromatic N) is 1. The van der Waals surface area contributed by atoms with E-state index in [1.807, 2.05) is 49.4 Å². The van der Waals surface area contributed by atoms with Gasteiger partial charge in [0.25, 0.3) is 5.91 Å². The van der Waals surface area contributed by atoms with Crippen LogP contribution in [0.5, 0.6) is 0 Å². The number of unbranched alkanes of at least 4 members (excludes halogenated alkanes) is 1. The summed E-state index contributed by atoms with van der Waals surface area (Å²) in [6, 6.07) is 14.9. The molecule has 0 unspecified atom stereocenters. The minimum absolute atomic E-state index is 0.0804. The van der Waals surface area contributed by atoms with Gasteiger partial charge < -0.3 is 26.0 Å². The monoisotopic (exact) mass is 508 g/mol. The molecular formula is C30H44N4O3. The Morgan fingerprint density at radius 1 is 1.11 bits per heavy atom. The van der Waals surface area contributed by atoms with Crippen molar-refractivity contribution in [1.29, 1.82) is 0 Å². The van der Waals surface area contributed by atoms with Gasteiger partial charge >= 0.3 is 0 Å². The van der Waals surface area contributed by atoms with Crippen molar-refractivity contribution in [3.8, 4) is 0 Å². The molecule has 0 radical (unpaired) electrons. The lowest BCUT2D eigenvalue weighted by atomic mass is 10.00. The lowest BCUT2D eigenvalue weighted by Gasteiger charge is -2.25. The quantitative estimate of drug-likeness (QED) is 0.268. The van der Waals surface area contributed by atoms with Gasteiger partial charge in [-0.05, 0) is 62.4 Å². The van der Waals surface area contributed by atoms with Gasteiger partial charge in [0.1, 0.15) is 0 Å². The Morgan fingerprint density at radius 2 is 1.89 bits per heavy atom. The average Bonchev–Trinajstić information content (AvgIpc) is 3.31. The van der Waals surface area contributed by atoms with Crippen LogP contribution in [0.15, 0.2) is 48.5 Å². The Kier molecular flexibility index (Phi) is 11.4. The number of aliphatic hydroxyl groups excluding tert-OH is 1. The summed E-state index contributed by atoms with van der Waals surface area (Å²) in [7, 11) is 0. The number of rotatable bonds is 15. The van der Waals surface area contributed by atoms with E-state index in [-0.39, 0.29) is 11.8 Å². The third-order valence-electron chi connectivity index (χ3n) is 6.76. The van der Waals surface area contributed by atoms with E-state index in [4.69, 9.17) is 0 Å². The number of carbonyl (C=O) groups is 2. The first-order valence-electron chi connectivity index (χ1n) is 13.8. The largest absolute Gasteiger partial charge is 0.390 e. The van der Waals surface area contributed by atoms with Crippen LogP contribution in [0.2, 0.25) is 0 Å². The molecule has 3 rings (SSSR count). The highest BCUT2D eigenvalue weighted by Gasteiger charge is 2.25. The van der Waals surface area contributed by atoms with E-state index in [9.17, 15) is 14.7 Å². The molecule has 4 N–H and O–H groups in total. The van der Waals surface area contributed by atoms with E-state index in [2.05, 4.69) is 29.8 Å². The molecule has 1 saturated heterocycles. The molecular weight excluding hydrogens is 464 g/mol. The van der Waals surface area contributed by atoms with E-state index >= 15 is 0 Å². The van der Waals surface area contributed by atoms with E-state index < -0.39 is 12.1 Å². The van der Waals surface area contributed by atoms with Gasteiger partial charge in [-0.3, -0.25) is 9.59 Å². The molecule has 7 heteroatoms. The van der Waals surface area contributed by atoms with Crippen molar-refractivity contribution in [3.63, 3.8) is 0 Å². The molecule has 7 nitrogen and oxygen atoms in total. The standard InChI is InChI=1S/C30H44N4O3/c1-4-32-25-18-24(19-26(20-25)34-16-10-14-29(34)36)30(37)33-27(17-23-12-6-5-7-13-23)28(35)21-31-15-9-8-11-22(2)3/h5-7,12-13,18-20,22,27-28,31-32,35H,4,8-11,14-17,21H2,1-3H3,(H,33,37)/t27-,28-/m0/s1. The number of hydrogen-bond acceptors (Lipinski definition) is 5. The third-order valence-corrected chi connectivity index (χ3v) is 6.76. The van der Waals surface area contributed by atoms with Gasteiger partial charge in [0.2, 0.25) is 5.91 Å². The van der Waals surface area contributed by atoms with E-state index in [1.165, 1.54) is 6.42 Å². The number of nitrogens with one attached hydrogen (secondary N) is 3. The molecule has 0 spiro atoms. The van der Waals surface area contributed by atoms with Crippen LogP contribution in [0, 0.1) is 5.92 Å². The van der Waals surface area contributed by atoms with Crippen LogP contribution in [0.3, 0.4) is 0 Å².